The molecule has 0 radical (unpaired) electrons. The van der Waals surface area contributed by atoms with E-state index in [0.29, 0.717) is 5.92 Å². The van der Waals surface area contributed by atoms with E-state index >= 15 is 0 Å². The molecule has 1 aromatic heterocycles. The van der Waals surface area contributed by atoms with Crippen molar-refractivity contribution in [3.05, 3.63) is 42.1 Å². The Morgan fingerprint density at radius 1 is 1.24 bits per heavy atom. The number of aromatic nitrogens is 1. The fourth-order valence-corrected chi connectivity index (χ4v) is 2.23. The minimum absolute atomic E-state index is 0.715. The van der Waals surface area contributed by atoms with Crippen molar-refractivity contribution in [1.29, 1.82) is 0 Å². The molecule has 0 aliphatic carbocycles. The first kappa shape index (κ1) is 12.1. The van der Waals surface area contributed by atoms with Gasteiger partial charge < -0.3 is 5.32 Å². The molecule has 0 aliphatic heterocycles. The van der Waals surface area contributed by atoms with Crippen molar-refractivity contribution in [2.45, 2.75) is 19.8 Å². The van der Waals surface area contributed by atoms with E-state index in [1.54, 1.807) is 0 Å². The molecule has 1 unspecified atom stereocenters. The smallest absolute Gasteiger partial charge is 0.0704 e. The zero-order valence-corrected chi connectivity index (χ0v) is 10.6. The van der Waals surface area contributed by atoms with Gasteiger partial charge in [-0.3, -0.25) is 4.98 Å². The molecule has 0 spiro atoms. The van der Waals surface area contributed by atoms with Gasteiger partial charge in [0.15, 0.2) is 0 Å². The number of benzene rings is 1. The average Bonchev–Trinajstić information content (AvgIpc) is 2.36. The minimum atomic E-state index is 0.715. The summed E-state index contributed by atoms with van der Waals surface area (Å²) in [6, 6.07) is 10.5. The molecule has 2 rings (SSSR count). The first-order chi connectivity index (χ1) is 8.31. The summed E-state index contributed by atoms with van der Waals surface area (Å²) in [5.41, 5.74) is 2.52. The molecular formula is C15H20N2. The van der Waals surface area contributed by atoms with E-state index in [-0.39, 0.29) is 0 Å². The highest BCUT2D eigenvalue weighted by molar-refractivity contribution is 5.81. The van der Waals surface area contributed by atoms with Crippen LogP contribution in [0.25, 0.3) is 10.9 Å². The van der Waals surface area contributed by atoms with Gasteiger partial charge in [0.1, 0.15) is 0 Å². The van der Waals surface area contributed by atoms with Crippen LogP contribution >= 0.6 is 0 Å². The molecule has 0 amide bonds. The first-order valence-electron chi connectivity index (χ1n) is 6.28. The van der Waals surface area contributed by atoms with Crippen LogP contribution in [0.4, 0.5) is 0 Å². The maximum Gasteiger partial charge on any atom is 0.0704 e. The molecule has 1 N–H and O–H groups in total. The van der Waals surface area contributed by atoms with E-state index in [9.17, 15) is 0 Å². The third-order valence-electron chi connectivity index (χ3n) is 3.20. The normalized spacial score (nSPS) is 12.8. The van der Waals surface area contributed by atoms with Crippen LogP contribution in [-0.4, -0.2) is 18.6 Å². The molecule has 1 heterocycles. The molecule has 1 atom stereocenters. The summed E-state index contributed by atoms with van der Waals surface area (Å²) in [4.78, 5) is 4.39. The summed E-state index contributed by atoms with van der Waals surface area (Å²) in [5.74, 6) is 0.715. The second kappa shape index (κ2) is 5.78. The molecule has 0 saturated carbocycles. The van der Waals surface area contributed by atoms with E-state index in [4.69, 9.17) is 0 Å². The zero-order valence-electron chi connectivity index (χ0n) is 10.6. The van der Waals surface area contributed by atoms with Gasteiger partial charge in [-0.25, -0.2) is 0 Å². The van der Waals surface area contributed by atoms with Crippen LogP contribution in [0.3, 0.4) is 0 Å². The number of pyridine rings is 1. The molecule has 1 aromatic carbocycles. The van der Waals surface area contributed by atoms with Gasteiger partial charge in [-0.2, -0.15) is 0 Å². The molecule has 90 valence electrons. The molecular weight excluding hydrogens is 208 g/mol. The van der Waals surface area contributed by atoms with Crippen molar-refractivity contribution in [1.82, 2.24) is 10.3 Å². The summed E-state index contributed by atoms with van der Waals surface area (Å²) < 4.78 is 0. The lowest BCUT2D eigenvalue weighted by molar-refractivity contribution is 0.505. The molecule has 0 saturated heterocycles. The largest absolute Gasteiger partial charge is 0.319 e. The maximum atomic E-state index is 4.39. The van der Waals surface area contributed by atoms with Crippen LogP contribution in [0, 0.1) is 5.92 Å². The van der Waals surface area contributed by atoms with E-state index in [2.05, 4.69) is 41.5 Å². The number of nitrogens with zero attached hydrogens (tertiary/aromatic N) is 1. The van der Waals surface area contributed by atoms with Gasteiger partial charge in [0.25, 0.3) is 0 Å². The zero-order chi connectivity index (χ0) is 12.1. The van der Waals surface area contributed by atoms with Gasteiger partial charge in [-0.05, 0) is 50.0 Å². The Labute approximate surface area is 103 Å². The number of aryl methyl sites for hydroxylation is 1. The lowest BCUT2D eigenvalue weighted by atomic mass is 9.99. The highest BCUT2D eigenvalue weighted by atomic mass is 14.8. The first-order valence-corrected chi connectivity index (χ1v) is 6.28. The molecule has 0 bridgehead atoms. The van der Waals surface area contributed by atoms with Gasteiger partial charge in [0, 0.05) is 11.6 Å². The molecule has 2 aromatic rings. The number of para-hydroxylation sites is 1. The van der Waals surface area contributed by atoms with Crippen LogP contribution in [0.5, 0.6) is 0 Å². The van der Waals surface area contributed by atoms with E-state index < -0.39 is 0 Å². The number of rotatable bonds is 5. The van der Waals surface area contributed by atoms with E-state index in [1.165, 1.54) is 17.4 Å². The lowest BCUT2D eigenvalue weighted by Gasteiger charge is -2.11. The molecule has 2 heteroatoms. The Balaban J connectivity index is 2.13. The Hall–Kier alpha value is -1.41. The van der Waals surface area contributed by atoms with Gasteiger partial charge >= 0.3 is 0 Å². The van der Waals surface area contributed by atoms with Crippen LogP contribution in [0.1, 0.15) is 18.9 Å². The summed E-state index contributed by atoms with van der Waals surface area (Å²) in [5, 5.41) is 4.53. The Morgan fingerprint density at radius 2 is 2.06 bits per heavy atom. The third kappa shape index (κ3) is 3.04. The Morgan fingerprint density at radius 3 is 2.88 bits per heavy atom. The Bertz CT molecular complexity index is 474. The number of hydrogen-bond donors (Lipinski definition) is 1. The SMILES string of the molecule is CNCC(C)CCc1ccnc2ccccc12. The highest BCUT2D eigenvalue weighted by Gasteiger charge is 2.04. The number of hydrogen-bond acceptors (Lipinski definition) is 2. The van der Waals surface area contributed by atoms with Crippen molar-refractivity contribution in [3.8, 4) is 0 Å². The minimum Gasteiger partial charge on any atom is -0.319 e. The maximum absolute atomic E-state index is 4.39. The molecule has 0 fully saturated rings. The summed E-state index contributed by atoms with van der Waals surface area (Å²) in [7, 11) is 2.01. The predicted octanol–water partition coefficient (Wildman–Crippen LogP) is 3.02. The van der Waals surface area contributed by atoms with Crippen molar-refractivity contribution in [2.24, 2.45) is 5.92 Å². The summed E-state index contributed by atoms with van der Waals surface area (Å²) in [6.07, 6.45) is 4.27. The predicted molar refractivity (Wildman–Crippen MR) is 73.2 cm³/mol. The molecule has 17 heavy (non-hydrogen) atoms. The lowest BCUT2D eigenvalue weighted by Crippen LogP contribution is -2.16. The number of fused-ring (bicyclic) bond motifs is 1. The number of nitrogens with one attached hydrogen (secondary N) is 1. The van der Waals surface area contributed by atoms with Crippen molar-refractivity contribution >= 4 is 10.9 Å². The van der Waals surface area contributed by atoms with E-state index in [1.807, 2.05) is 19.3 Å². The summed E-state index contributed by atoms with van der Waals surface area (Å²) >= 11 is 0. The van der Waals surface area contributed by atoms with Crippen LogP contribution in [0.2, 0.25) is 0 Å². The van der Waals surface area contributed by atoms with Crippen LogP contribution in [-0.2, 0) is 6.42 Å². The monoisotopic (exact) mass is 228 g/mol. The van der Waals surface area contributed by atoms with Crippen molar-refractivity contribution in [3.63, 3.8) is 0 Å². The van der Waals surface area contributed by atoms with Crippen LogP contribution in [0.15, 0.2) is 36.5 Å². The second-order valence-corrected chi connectivity index (χ2v) is 4.69. The third-order valence-corrected chi connectivity index (χ3v) is 3.20. The average molecular weight is 228 g/mol. The fraction of sp³-hybridized carbons (Fsp3) is 0.400. The fourth-order valence-electron chi connectivity index (χ4n) is 2.23. The van der Waals surface area contributed by atoms with Gasteiger partial charge in [-0.15, -0.1) is 0 Å². The standard InChI is InChI=1S/C15H20N2/c1-12(11-16-2)7-8-13-9-10-17-15-6-4-3-5-14(13)15/h3-6,9-10,12,16H,7-8,11H2,1-2H3. The van der Waals surface area contributed by atoms with Gasteiger partial charge in [0.05, 0.1) is 5.52 Å². The van der Waals surface area contributed by atoms with Crippen molar-refractivity contribution < 1.29 is 0 Å². The Kier molecular flexibility index (Phi) is 4.10. The molecule has 0 aliphatic rings. The van der Waals surface area contributed by atoms with Gasteiger partial charge in [0.2, 0.25) is 0 Å². The quantitative estimate of drug-likeness (QED) is 0.851. The molecule has 2 nitrogen and oxygen atoms in total. The highest BCUT2D eigenvalue weighted by Crippen LogP contribution is 2.19. The van der Waals surface area contributed by atoms with E-state index in [0.717, 1.165) is 18.5 Å². The van der Waals surface area contributed by atoms with Gasteiger partial charge in [-0.1, -0.05) is 25.1 Å². The topological polar surface area (TPSA) is 24.9 Å². The van der Waals surface area contributed by atoms with Crippen molar-refractivity contribution in [2.75, 3.05) is 13.6 Å². The second-order valence-electron chi connectivity index (χ2n) is 4.69. The summed E-state index contributed by atoms with van der Waals surface area (Å²) in [6.45, 7) is 3.38. The van der Waals surface area contributed by atoms with Crippen LogP contribution < -0.4 is 5.32 Å².